The second-order valence-corrected chi connectivity index (χ2v) is 4.79. The smallest absolute Gasteiger partial charge is 0.263 e. The summed E-state index contributed by atoms with van der Waals surface area (Å²) in [6.45, 7) is 2.01. The molecule has 0 aliphatic rings. The van der Waals surface area contributed by atoms with E-state index in [-0.39, 0.29) is 5.56 Å². The molecule has 3 nitrogen and oxygen atoms in total. The van der Waals surface area contributed by atoms with Crippen LogP contribution in [-0.4, -0.2) is 14.9 Å². The molecule has 108 valence electrons. The minimum absolute atomic E-state index is 0.0687. The van der Waals surface area contributed by atoms with Gasteiger partial charge in [0.05, 0.1) is 11.8 Å². The minimum Gasteiger partial charge on any atom is -0.388 e. The average Bonchev–Trinajstić information content (AvgIpc) is 2.79. The summed E-state index contributed by atoms with van der Waals surface area (Å²) in [6.07, 6.45) is -2.15. The Hall–Kier alpha value is -1.75. The molecular weight excluding hydrogens is 262 g/mol. The maximum absolute atomic E-state index is 12.7. The highest BCUT2D eigenvalue weighted by Crippen LogP contribution is 2.24. The Kier molecular flexibility index (Phi) is 4.49. The van der Waals surface area contributed by atoms with E-state index in [1.54, 1.807) is 16.8 Å². The molecular formula is C15H18F2N2O. The SMILES string of the molecule is CCc1cc(CC(O)c2cccc(C(F)F)c2)n(C)n1. The molecule has 1 unspecified atom stereocenters. The van der Waals surface area contributed by atoms with Crippen LogP contribution >= 0.6 is 0 Å². The van der Waals surface area contributed by atoms with Gasteiger partial charge in [0.1, 0.15) is 0 Å². The van der Waals surface area contributed by atoms with E-state index in [4.69, 9.17) is 0 Å². The Balaban J connectivity index is 2.16. The van der Waals surface area contributed by atoms with Crippen LogP contribution in [0, 0.1) is 0 Å². The van der Waals surface area contributed by atoms with Crippen LogP contribution in [0.1, 0.15) is 42.0 Å². The van der Waals surface area contributed by atoms with Gasteiger partial charge >= 0.3 is 0 Å². The number of rotatable bonds is 5. The molecule has 1 N–H and O–H groups in total. The third-order valence-corrected chi connectivity index (χ3v) is 3.34. The van der Waals surface area contributed by atoms with Crippen molar-refractivity contribution in [2.45, 2.75) is 32.3 Å². The second-order valence-electron chi connectivity index (χ2n) is 4.79. The van der Waals surface area contributed by atoms with Crippen molar-refractivity contribution in [3.8, 4) is 0 Å². The van der Waals surface area contributed by atoms with Gasteiger partial charge in [0.15, 0.2) is 0 Å². The maximum Gasteiger partial charge on any atom is 0.263 e. The normalized spacial score (nSPS) is 12.9. The number of aliphatic hydroxyl groups excluding tert-OH is 1. The average molecular weight is 280 g/mol. The highest BCUT2D eigenvalue weighted by molar-refractivity contribution is 5.27. The van der Waals surface area contributed by atoms with Gasteiger partial charge in [-0.05, 0) is 24.1 Å². The Morgan fingerprint density at radius 2 is 1.95 bits per heavy atom. The molecule has 0 amide bonds. The Morgan fingerprint density at radius 1 is 1.25 bits per heavy atom. The van der Waals surface area contributed by atoms with Gasteiger partial charge in [-0.2, -0.15) is 5.10 Å². The Bertz CT molecular complexity index is 581. The van der Waals surface area contributed by atoms with Gasteiger partial charge in [-0.25, -0.2) is 8.78 Å². The molecule has 0 radical (unpaired) electrons. The molecule has 0 aliphatic heterocycles. The van der Waals surface area contributed by atoms with E-state index >= 15 is 0 Å². The first-order valence-corrected chi connectivity index (χ1v) is 6.59. The van der Waals surface area contributed by atoms with Crippen molar-refractivity contribution in [1.82, 2.24) is 9.78 Å². The lowest BCUT2D eigenvalue weighted by molar-refractivity contribution is 0.149. The van der Waals surface area contributed by atoms with Crippen molar-refractivity contribution in [3.63, 3.8) is 0 Å². The lowest BCUT2D eigenvalue weighted by atomic mass is 10.0. The number of hydrogen-bond acceptors (Lipinski definition) is 2. The van der Waals surface area contributed by atoms with E-state index < -0.39 is 12.5 Å². The van der Waals surface area contributed by atoms with Gasteiger partial charge in [-0.1, -0.05) is 25.1 Å². The molecule has 2 aromatic rings. The van der Waals surface area contributed by atoms with Crippen LogP contribution in [0.4, 0.5) is 8.78 Å². The van der Waals surface area contributed by atoms with Crippen molar-refractivity contribution in [3.05, 3.63) is 52.8 Å². The number of nitrogens with zero attached hydrogens (tertiary/aromatic N) is 2. The largest absolute Gasteiger partial charge is 0.388 e. The van der Waals surface area contributed by atoms with Crippen LogP contribution in [0.3, 0.4) is 0 Å². The quantitative estimate of drug-likeness (QED) is 0.913. The molecule has 0 saturated heterocycles. The minimum atomic E-state index is -2.52. The summed E-state index contributed by atoms with van der Waals surface area (Å²) in [5, 5.41) is 14.5. The fourth-order valence-corrected chi connectivity index (χ4v) is 2.15. The fourth-order valence-electron chi connectivity index (χ4n) is 2.15. The van der Waals surface area contributed by atoms with Crippen molar-refractivity contribution in [2.24, 2.45) is 7.05 Å². The summed E-state index contributed by atoms with van der Waals surface area (Å²) >= 11 is 0. The van der Waals surface area contributed by atoms with Gasteiger partial charge in [-0.15, -0.1) is 0 Å². The van der Waals surface area contributed by atoms with Gasteiger partial charge in [0, 0.05) is 24.7 Å². The zero-order valence-corrected chi connectivity index (χ0v) is 11.6. The number of benzene rings is 1. The van der Waals surface area contributed by atoms with E-state index in [2.05, 4.69) is 5.10 Å². The van der Waals surface area contributed by atoms with Crippen molar-refractivity contribution < 1.29 is 13.9 Å². The van der Waals surface area contributed by atoms with E-state index in [0.29, 0.717) is 12.0 Å². The summed E-state index contributed by atoms with van der Waals surface area (Å²) in [6, 6.07) is 7.85. The summed E-state index contributed by atoms with van der Waals surface area (Å²) < 4.78 is 27.0. The number of halogens is 2. The van der Waals surface area contributed by atoms with Gasteiger partial charge in [0.2, 0.25) is 0 Å². The second kappa shape index (κ2) is 6.13. The van der Waals surface area contributed by atoms with Gasteiger partial charge in [-0.3, -0.25) is 4.68 Å². The van der Waals surface area contributed by atoms with Crippen LogP contribution in [0.25, 0.3) is 0 Å². The highest BCUT2D eigenvalue weighted by atomic mass is 19.3. The van der Waals surface area contributed by atoms with Crippen LogP contribution in [0.15, 0.2) is 30.3 Å². The van der Waals surface area contributed by atoms with Gasteiger partial charge in [0.25, 0.3) is 6.43 Å². The van der Waals surface area contributed by atoms with Crippen molar-refractivity contribution >= 4 is 0 Å². The molecule has 1 heterocycles. The first-order valence-electron chi connectivity index (χ1n) is 6.59. The number of aliphatic hydroxyl groups is 1. The number of aromatic nitrogens is 2. The van der Waals surface area contributed by atoms with E-state index in [1.807, 2.05) is 20.0 Å². The molecule has 20 heavy (non-hydrogen) atoms. The zero-order chi connectivity index (χ0) is 14.7. The topological polar surface area (TPSA) is 38.0 Å². The predicted molar refractivity (Wildman–Crippen MR) is 72.6 cm³/mol. The molecule has 0 aliphatic carbocycles. The monoisotopic (exact) mass is 280 g/mol. The third-order valence-electron chi connectivity index (χ3n) is 3.34. The van der Waals surface area contributed by atoms with Crippen LogP contribution < -0.4 is 0 Å². The number of alkyl halides is 2. The van der Waals surface area contributed by atoms with E-state index in [0.717, 1.165) is 17.8 Å². The summed E-state index contributed by atoms with van der Waals surface area (Å²) in [7, 11) is 1.82. The van der Waals surface area contributed by atoms with Gasteiger partial charge < -0.3 is 5.11 Å². The van der Waals surface area contributed by atoms with Crippen LogP contribution in [0.2, 0.25) is 0 Å². The highest BCUT2D eigenvalue weighted by Gasteiger charge is 2.15. The fraction of sp³-hybridized carbons (Fsp3) is 0.400. The Morgan fingerprint density at radius 3 is 2.55 bits per heavy atom. The molecule has 0 spiro atoms. The van der Waals surface area contributed by atoms with Crippen LogP contribution in [0.5, 0.6) is 0 Å². The molecule has 5 heteroatoms. The van der Waals surface area contributed by atoms with Crippen molar-refractivity contribution in [2.75, 3.05) is 0 Å². The van der Waals surface area contributed by atoms with E-state index in [1.165, 1.54) is 12.1 Å². The molecule has 1 aromatic heterocycles. The zero-order valence-electron chi connectivity index (χ0n) is 11.6. The summed E-state index contributed by atoms with van der Waals surface area (Å²) in [5.74, 6) is 0. The molecule has 1 aromatic carbocycles. The molecule has 0 saturated carbocycles. The standard InChI is InChI=1S/C15H18F2N2O/c1-3-12-8-13(19(2)18-12)9-14(20)10-5-4-6-11(7-10)15(16)17/h4-8,14-15,20H,3,9H2,1-2H3. The summed E-state index contributed by atoms with van der Waals surface area (Å²) in [5.41, 5.74) is 2.27. The molecule has 2 rings (SSSR count). The predicted octanol–water partition coefficient (Wildman–Crippen LogP) is 3.20. The first-order chi connectivity index (χ1) is 9.51. The van der Waals surface area contributed by atoms with Crippen LogP contribution in [-0.2, 0) is 19.9 Å². The number of aryl methyl sites for hydroxylation is 2. The first kappa shape index (κ1) is 14.7. The summed E-state index contributed by atoms with van der Waals surface area (Å²) in [4.78, 5) is 0. The van der Waals surface area contributed by atoms with E-state index in [9.17, 15) is 13.9 Å². The third kappa shape index (κ3) is 3.22. The molecule has 1 atom stereocenters. The maximum atomic E-state index is 12.7. The lowest BCUT2D eigenvalue weighted by Crippen LogP contribution is -2.06. The Labute approximate surface area is 116 Å². The molecule has 0 fully saturated rings. The molecule has 0 bridgehead atoms. The lowest BCUT2D eigenvalue weighted by Gasteiger charge is -2.12. The number of hydrogen-bond donors (Lipinski definition) is 1. The van der Waals surface area contributed by atoms with Crippen molar-refractivity contribution in [1.29, 1.82) is 0 Å².